The van der Waals surface area contributed by atoms with Crippen molar-refractivity contribution in [1.82, 2.24) is 5.32 Å². The molecule has 1 aliphatic heterocycles. The molecule has 13 nitrogen and oxygen atoms in total. The minimum absolute atomic E-state index is 0. The largest absolute Gasteiger partial charge is 0.456 e. The third-order valence-electron chi connectivity index (χ3n) is 13.0. The maximum atomic E-state index is 14.6. The summed E-state index contributed by atoms with van der Waals surface area (Å²) in [5, 5.41) is 63.0. The summed E-state index contributed by atoms with van der Waals surface area (Å²) >= 11 is 0. The van der Waals surface area contributed by atoms with Gasteiger partial charge in [-0.05, 0) is 55.9 Å². The third-order valence-corrected chi connectivity index (χ3v) is 13.0. The zero-order chi connectivity index (χ0) is 37.3. The Labute approximate surface area is 381 Å². The number of ketones is 1. The van der Waals surface area contributed by atoms with Gasteiger partial charge < -0.3 is 45.1 Å². The summed E-state index contributed by atoms with van der Waals surface area (Å²) < 4.78 is 17.8. The van der Waals surface area contributed by atoms with E-state index in [1.165, 1.54) is 26.0 Å². The summed E-state index contributed by atoms with van der Waals surface area (Å²) in [5.74, 6) is -4.90. The molecule has 5 aliphatic rings. The minimum Gasteiger partial charge on any atom is -0.456 e. The number of fused-ring (bicyclic) bond motifs is 5. The van der Waals surface area contributed by atoms with Gasteiger partial charge in [0.05, 0.1) is 35.8 Å². The van der Waals surface area contributed by atoms with Crippen molar-refractivity contribution in [1.29, 1.82) is 0 Å². The molecule has 6 N–H and O–H groups in total. The second-order valence-corrected chi connectivity index (χ2v) is 16.1. The number of rotatable bonds is 7. The predicted molar refractivity (Wildman–Crippen MR) is 180 cm³/mol. The number of ether oxygens (including phenoxy) is 3. The Bertz CT molecular complexity index is 1600. The number of carbonyl (C=O) groups excluding carboxylic acids is 4. The van der Waals surface area contributed by atoms with Crippen molar-refractivity contribution in [3.05, 3.63) is 47.0 Å². The second-order valence-electron chi connectivity index (χ2n) is 16.1. The smallest absolute Gasteiger partial charge is 0.338 e. The van der Waals surface area contributed by atoms with Crippen LogP contribution in [0.25, 0.3) is 0 Å². The number of aliphatic hydroxyl groups is 5. The first kappa shape index (κ1) is 45.4. The van der Waals surface area contributed by atoms with E-state index in [0.717, 1.165) is 19.3 Å². The van der Waals surface area contributed by atoms with Crippen molar-refractivity contribution in [3.8, 4) is 0 Å². The molecule has 53 heavy (non-hydrogen) atoms. The Kier molecular flexibility index (Phi) is 14.5. The van der Waals surface area contributed by atoms with Crippen molar-refractivity contribution in [2.24, 2.45) is 22.7 Å². The number of amides is 1. The molecule has 4 aliphatic carbocycles. The summed E-state index contributed by atoms with van der Waals surface area (Å²) in [4.78, 5) is 54.4. The fraction of sp³-hybridized carbons (Fsp3) is 0.684. The van der Waals surface area contributed by atoms with Crippen LogP contribution in [0.4, 0.5) is 0 Å². The van der Waals surface area contributed by atoms with Gasteiger partial charge in [-0.1, -0.05) is 51.3 Å². The van der Waals surface area contributed by atoms with Crippen molar-refractivity contribution in [2.75, 3.05) is 6.61 Å². The molecule has 1 saturated heterocycles. The Morgan fingerprint density at radius 1 is 0.981 bits per heavy atom. The molecule has 1 aromatic carbocycles. The van der Waals surface area contributed by atoms with Gasteiger partial charge in [-0.15, -0.1) is 0 Å². The SMILES string of the molecule is CC(=O)NC(C1CCCCC1)C(O)C(=O)OC1CC2(O)C(OC(=O)c3ccccc3)C3[C@]4(O)COC4CC(O)[C@@]3(C)C(=O)C(O)C(=C1C)C2(C)C.[Ac].[Ac]. The van der Waals surface area contributed by atoms with Gasteiger partial charge in [0.25, 0.3) is 0 Å². The van der Waals surface area contributed by atoms with Crippen LogP contribution in [0.2, 0.25) is 0 Å². The van der Waals surface area contributed by atoms with Gasteiger partial charge in [0.15, 0.2) is 11.9 Å². The first-order valence-corrected chi connectivity index (χ1v) is 18.0. The van der Waals surface area contributed by atoms with Crippen molar-refractivity contribution in [2.45, 2.75) is 133 Å². The first-order valence-electron chi connectivity index (χ1n) is 18.0. The molecule has 6 rings (SSSR count). The summed E-state index contributed by atoms with van der Waals surface area (Å²) in [6.07, 6.45) is -5.62. The van der Waals surface area contributed by atoms with Gasteiger partial charge in [0, 0.05) is 119 Å². The maximum absolute atomic E-state index is 14.6. The quantitative estimate of drug-likeness (QED) is 0.170. The molecule has 9 unspecified atom stereocenters. The number of carbonyl (C=O) groups is 4. The molecule has 11 atom stereocenters. The van der Waals surface area contributed by atoms with Crippen LogP contribution in [0.5, 0.6) is 0 Å². The van der Waals surface area contributed by atoms with Crippen LogP contribution < -0.4 is 5.32 Å². The molecule has 0 spiro atoms. The van der Waals surface area contributed by atoms with E-state index in [1.54, 1.807) is 39.0 Å². The Morgan fingerprint density at radius 2 is 1.60 bits per heavy atom. The average Bonchev–Trinajstić information content (AvgIpc) is 3.09. The molecule has 286 valence electrons. The Hall–Kier alpha value is -0.317. The molecular weight excluding hydrogens is 1120 g/mol. The van der Waals surface area contributed by atoms with Crippen LogP contribution in [0.3, 0.4) is 0 Å². The Morgan fingerprint density at radius 3 is 2.17 bits per heavy atom. The van der Waals surface area contributed by atoms with Gasteiger partial charge >= 0.3 is 11.9 Å². The van der Waals surface area contributed by atoms with Crippen LogP contribution in [0.15, 0.2) is 41.5 Å². The van der Waals surface area contributed by atoms with E-state index in [4.69, 9.17) is 14.2 Å². The zero-order valence-corrected chi connectivity index (χ0v) is 40.5. The summed E-state index contributed by atoms with van der Waals surface area (Å²) in [6.45, 7) is 7.12. The fourth-order valence-corrected chi connectivity index (χ4v) is 9.92. The van der Waals surface area contributed by atoms with Gasteiger partial charge in [0.1, 0.15) is 29.5 Å². The van der Waals surface area contributed by atoms with E-state index in [1.807, 2.05) is 0 Å². The van der Waals surface area contributed by atoms with Gasteiger partial charge in [-0.25, -0.2) is 9.59 Å². The maximum Gasteiger partial charge on any atom is 0.338 e. The van der Waals surface area contributed by atoms with Gasteiger partial charge in [-0.3, -0.25) is 9.59 Å². The Balaban J connectivity index is 0.00000314. The number of aliphatic hydroxyl groups excluding tert-OH is 3. The number of hydrogen-bond acceptors (Lipinski definition) is 12. The van der Waals surface area contributed by atoms with Crippen LogP contribution in [-0.4, -0.2) is 110 Å². The number of benzene rings is 1. The number of nitrogens with one attached hydrogen (secondary N) is 1. The van der Waals surface area contributed by atoms with Gasteiger partial charge in [0.2, 0.25) is 5.91 Å². The first-order chi connectivity index (χ1) is 23.9. The topological polar surface area (TPSA) is 209 Å². The van der Waals surface area contributed by atoms with E-state index in [-0.39, 0.29) is 124 Å². The average molecular weight is 1170 g/mol. The molecule has 1 amide bonds. The monoisotopic (exact) mass is 1170 g/mol. The summed E-state index contributed by atoms with van der Waals surface area (Å²) in [7, 11) is 0. The normalized spacial score (nSPS) is 37.4. The molecule has 1 heterocycles. The van der Waals surface area contributed by atoms with Crippen LogP contribution in [-0.2, 0) is 28.6 Å². The molecule has 2 radical (unpaired) electrons. The van der Waals surface area contributed by atoms with E-state index >= 15 is 0 Å². The molecule has 15 heteroatoms. The fourth-order valence-electron chi connectivity index (χ4n) is 9.92. The molecule has 1 aromatic rings. The zero-order valence-electron chi connectivity index (χ0n) is 31.0. The molecule has 0 aromatic heterocycles. The van der Waals surface area contributed by atoms with Crippen LogP contribution >= 0.6 is 0 Å². The van der Waals surface area contributed by atoms with Crippen LogP contribution in [0, 0.1) is 111 Å². The van der Waals surface area contributed by atoms with Crippen LogP contribution in [0.1, 0.15) is 89.9 Å². The third kappa shape index (κ3) is 7.59. The van der Waals surface area contributed by atoms with E-state index in [9.17, 15) is 44.7 Å². The minimum atomic E-state index is -2.25. The summed E-state index contributed by atoms with van der Waals surface area (Å²) in [5.41, 5.74) is -7.22. The van der Waals surface area contributed by atoms with Crippen molar-refractivity contribution >= 4 is 23.6 Å². The molecule has 4 fully saturated rings. The molecule has 2 bridgehead atoms. The molecule has 3 saturated carbocycles. The van der Waals surface area contributed by atoms with E-state index in [2.05, 4.69) is 5.32 Å². The number of hydrogen-bond donors (Lipinski definition) is 6. The second kappa shape index (κ2) is 16.9. The number of Topliss-reactive ketones (excluding diaryl/α,β-unsaturated/α-hetero) is 1. The number of esters is 2. The van der Waals surface area contributed by atoms with Gasteiger partial charge in [-0.2, -0.15) is 0 Å². The van der Waals surface area contributed by atoms with Crippen molar-refractivity contribution in [3.63, 3.8) is 0 Å². The standard InChI is InChI=1S/C38H51NO12.2Ac/c1-19-23(50-34(46)29(43)27(39-20(2)40)21-12-8-6-9-13-21)17-38(48)32(51-33(45)22-14-10-7-11-15-22)30-36(5,24(41)16-25-37(30,47)18-49-25)31(44)28(42)26(19)35(38,3)4;;/h7,10-11,14-15,21,23-25,27-30,32,41-43,47-48H,6,8-9,12-13,16-18H2,1-5H3,(H,39,40);;/t23?,24?,25?,27?,28?,29?,30?,32?,36-,37+,38?;;/m1../s1. The predicted octanol–water partition coefficient (Wildman–Crippen LogP) is 1.51. The van der Waals surface area contributed by atoms with E-state index in [0.29, 0.717) is 12.8 Å². The van der Waals surface area contributed by atoms with E-state index < -0.39 is 101 Å². The van der Waals surface area contributed by atoms with Crippen molar-refractivity contribution < 1.29 is 147 Å². The summed E-state index contributed by atoms with van der Waals surface area (Å²) in [6, 6.07) is 7.03. The molecular formula is C38H51Ac2NO12.